The van der Waals surface area contributed by atoms with Gasteiger partial charge in [0, 0.05) is 43.0 Å². The number of carbonyl (C=O) groups excluding carboxylic acids is 1. The van der Waals surface area contributed by atoms with Crippen LogP contribution in [0.15, 0.2) is 30.6 Å². The van der Waals surface area contributed by atoms with Gasteiger partial charge in [0.15, 0.2) is 0 Å². The number of benzene rings is 1. The number of amides is 1. The topological polar surface area (TPSA) is 90.2 Å². The van der Waals surface area contributed by atoms with Crippen molar-refractivity contribution >= 4 is 17.3 Å². The molecule has 1 aliphatic carbocycles. The van der Waals surface area contributed by atoms with Gasteiger partial charge in [0.25, 0.3) is 0 Å². The van der Waals surface area contributed by atoms with E-state index in [0.29, 0.717) is 23.4 Å². The molecule has 3 aromatic rings. The number of aromatic nitrogens is 3. The van der Waals surface area contributed by atoms with Crippen molar-refractivity contribution in [3.05, 3.63) is 42.1 Å². The Bertz CT molecular complexity index is 1280. The Morgan fingerprint density at radius 3 is 2.69 bits per heavy atom. The van der Waals surface area contributed by atoms with Gasteiger partial charge in [-0.05, 0) is 58.1 Å². The van der Waals surface area contributed by atoms with E-state index in [1.807, 2.05) is 44.4 Å². The number of rotatable bonds is 8. The maximum atomic E-state index is 12.4. The molecule has 0 spiro atoms. The Labute approximate surface area is 230 Å². The van der Waals surface area contributed by atoms with Gasteiger partial charge in [-0.1, -0.05) is 19.4 Å². The molecule has 1 amide bonds. The average Bonchev–Trinajstić information content (AvgIpc) is 3.35. The standard InChI is InChI=1S/C30H41N5O4/c1-5-6-20(2)39-30(36)32-25-12-9-23(19-26(25)37-4)27-28-21(3)31-13-14-35(28)29(33-27)22-7-10-24(11-8-22)34-15-17-38-18-16-34/h9,12-14,19-20,22,24H,5-8,10-11,15-18H2,1-4H3,(H,32,36)/t20-,22?,24?/m0/s1. The van der Waals surface area contributed by atoms with Crippen molar-refractivity contribution in [2.45, 2.75) is 77.4 Å². The Hall–Kier alpha value is -3.17. The van der Waals surface area contributed by atoms with Crippen LogP contribution in [0.2, 0.25) is 0 Å². The molecule has 0 bridgehead atoms. The molecule has 1 saturated heterocycles. The van der Waals surface area contributed by atoms with E-state index in [1.165, 1.54) is 12.8 Å². The van der Waals surface area contributed by atoms with Gasteiger partial charge in [0.1, 0.15) is 17.7 Å². The molecule has 1 atom stereocenters. The smallest absolute Gasteiger partial charge is 0.412 e. The molecule has 9 nitrogen and oxygen atoms in total. The van der Waals surface area contributed by atoms with Gasteiger partial charge in [-0.2, -0.15) is 0 Å². The average molecular weight is 536 g/mol. The molecule has 210 valence electrons. The minimum atomic E-state index is -0.482. The second-order valence-electron chi connectivity index (χ2n) is 10.7. The van der Waals surface area contributed by atoms with E-state index in [2.05, 4.69) is 26.5 Å². The molecule has 2 aromatic heterocycles. The number of imidazole rings is 1. The Balaban J connectivity index is 1.39. The summed E-state index contributed by atoms with van der Waals surface area (Å²) in [6.07, 6.45) is 9.63. The molecule has 0 unspecified atom stereocenters. The van der Waals surface area contributed by atoms with Crippen molar-refractivity contribution in [3.63, 3.8) is 0 Å². The summed E-state index contributed by atoms with van der Waals surface area (Å²) in [5, 5.41) is 2.83. The molecule has 1 saturated carbocycles. The number of morpholine rings is 1. The largest absolute Gasteiger partial charge is 0.495 e. The summed E-state index contributed by atoms with van der Waals surface area (Å²) in [5.41, 5.74) is 4.32. The zero-order chi connectivity index (χ0) is 27.4. The zero-order valence-corrected chi connectivity index (χ0v) is 23.6. The first-order valence-corrected chi connectivity index (χ1v) is 14.3. The number of carbonyl (C=O) groups is 1. The lowest BCUT2D eigenvalue weighted by molar-refractivity contribution is 0.00710. The highest BCUT2D eigenvalue weighted by Crippen LogP contribution is 2.39. The third kappa shape index (κ3) is 6.04. The number of hydrogen-bond acceptors (Lipinski definition) is 7. The van der Waals surface area contributed by atoms with Crippen LogP contribution in [0.1, 0.15) is 69.8 Å². The number of hydrogen-bond donors (Lipinski definition) is 1. The van der Waals surface area contributed by atoms with Crippen LogP contribution in [0.3, 0.4) is 0 Å². The zero-order valence-electron chi connectivity index (χ0n) is 23.6. The monoisotopic (exact) mass is 535 g/mol. The summed E-state index contributed by atoms with van der Waals surface area (Å²) in [7, 11) is 1.60. The third-order valence-corrected chi connectivity index (χ3v) is 8.10. The minimum Gasteiger partial charge on any atom is -0.495 e. The van der Waals surface area contributed by atoms with E-state index in [0.717, 1.165) is 80.3 Å². The van der Waals surface area contributed by atoms with E-state index in [4.69, 9.17) is 19.2 Å². The van der Waals surface area contributed by atoms with Crippen LogP contribution in [-0.2, 0) is 9.47 Å². The fourth-order valence-corrected chi connectivity index (χ4v) is 6.08. The van der Waals surface area contributed by atoms with Gasteiger partial charge in [-0.15, -0.1) is 0 Å². The first-order valence-electron chi connectivity index (χ1n) is 14.3. The predicted molar refractivity (Wildman–Crippen MR) is 152 cm³/mol. The summed E-state index contributed by atoms with van der Waals surface area (Å²) >= 11 is 0. The molecule has 5 rings (SSSR count). The Morgan fingerprint density at radius 1 is 1.21 bits per heavy atom. The summed E-state index contributed by atoms with van der Waals surface area (Å²) in [6, 6.07) is 6.39. The molecule has 1 aliphatic heterocycles. The van der Waals surface area contributed by atoms with Crippen molar-refractivity contribution < 1.29 is 19.0 Å². The van der Waals surface area contributed by atoms with E-state index >= 15 is 0 Å². The highest BCUT2D eigenvalue weighted by Gasteiger charge is 2.30. The second kappa shape index (κ2) is 12.3. The summed E-state index contributed by atoms with van der Waals surface area (Å²) in [5.74, 6) is 2.05. The fourth-order valence-electron chi connectivity index (χ4n) is 6.08. The SMILES string of the molecule is CCC[C@H](C)OC(=O)Nc1ccc(-c2nc(C3CCC(N4CCOCC4)CC3)n3ccnc(C)c23)cc1OC. The summed E-state index contributed by atoms with van der Waals surface area (Å²) < 4.78 is 18.9. The van der Waals surface area contributed by atoms with E-state index in [9.17, 15) is 4.79 Å². The Morgan fingerprint density at radius 2 is 1.97 bits per heavy atom. The van der Waals surface area contributed by atoms with E-state index in [-0.39, 0.29) is 6.10 Å². The molecule has 3 heterocycles. The molecule has 2 aliphatic rings. The molecule has 0 radical (unpaired) electrons. The summed E-state index contributed by atoms with van der Waals surface area (Å²) in [4.78, 5) is 24.8. The van der Waals surface area contributed by atoms with Crippen LogP contribution in [0.25, 0.3) is 16.8 Å². The molecule has 1 aromatic carbocycles. The molecule has 2 fully saturated rings. The van der Waals surface area contributed by atoms with Crippen molar-refractivity contribution in [1.82, 2.24) is 19.3 Å². The van der Waals surface area contributed by atoms with Gasteiger partial charge < -0.3 is 14.2 Å². The van der Waals surface area contributed by atoms with Crippen LogP contribution < -0.4 is 10.1 Å². The maximum absolute atomic E-state index is 12.4. The highest BCUT2D eigenvalue weighted by molar-refractivity contribution is 5.89. The molecular formula is C30H41N5O4. The lowest BCUT2D eigenvalue weighted by Crippen LogP contribution is -2.44. The van der Waals surface area contributed by atoms with Crippen molar-refractivity contribution in [2.24, 2.45) is 0 Å². The fraction of sp³-hybridized carbons (Fsp3) is 0.567. The van der Waals surface area contributed by atoms with Crippen molar-refractivity contribution in [3.8, 4) is 17.0 Å². The molecule has 9 heteroatoms. The lowest BCUT2D eigenvalue weighted by Gasteiger charge is -2.38. The number of nitrogens with one attached hydrogen (secondary N) is 1. The molecule has 1 N–H and O–H groups in total. The maximum Gasteiger partial charge on any atom is 0.412 e. The van der Waals surface area contributed by atoms with Gasteiger partial charge in [-0.25, -0.2) is 9.78 Å². The number of methoxy groups -OCH3 is 1. The minimum absolute atomic E-state index is 0.144. The number of anilines is 1. The predicted octanol–water partition coefficient (Wildman–Crippen LogP) is 5.81. The Kier molecular flexibility index (Phi) is 8.67. The van der Waals surface area contributed by atoms with Crippen LogP contribution >= 0.6 is 0 Å². The van der Waals surface area contributed by atoms with Gasteiger partial charge in [0.05, 0.1) is 42.9 Å². The van der Waals surface area contributed by atoms with Gasteiger partial charge in [-0.3, -0.25) is 19.6 Å². The van der Waals surface area contributed by atoms with Gasteiger partial charge >= 0.3 is 6.09 Å². The first kappa shape index (κ1) is 27.4. The molecule has 39 heavy (non-hydrogen) atoms. The number of aryl methyl sites for hydroxylation is 1. The lowest BCUT2D eigenvalue weighted by atomic mass is 9.84. The van der Waals surface area contributed by atoms with Crippen molar-refractivity contribution in [1.29, 1.82) is 0 Å². The van der Waals surface area contributed by atoms with Gasteiger partial charge in [0.2, 0.25) is 0 Å². The quantitative estimate of drug-likeness (QED) is 0.389. The van der Waals surface area contributed by atoms with Crippen LogP contribution in [0.5, 0.6) is 5.75 Å². The van der Waals surface area contributed by atoms with Crippen molar-refractivity contribution in [2.75, 3.05) is 38.7 Å². The normalized spacial score (nSPS) is 21.0. The number of nitrogens with zero attached hydrogens (tertiary/aromatic N) is 4. The molecular weight excluding hydrogens is 494 g/mol. The second-order valence-corrected chi connectivity index (χ2v) is 10.7. The highest BCUT2D eigenvalue weighted by atomic mass is 16.6. The third-order valence-electron chi connectivity index (χ3n) is 8.10. The number of fused-ring (bicyclic) bond motifs is 1. The van der Waals surface area contributed by atoms with E-state index < -0.39 is 6.09 Å². The van der Waals surface area contributed by atoms with Crippen LogP contribution in [0.4, 0.5) is 10.5 Å². The van der Waals surface area contributed by atoms with Crippen LogP contribution in [-0.4, -0.2) is 70.9 Å². The first-order chi connectivity index (χ1) is 19.0. The van der Waals surface area contributed by atoms with E-state index in [1.54, 1.807) is 7.11 Å². The van der Waals surface area contributed by atoms with Crippen LogP contribution in [0, 0.1) is 6.92 Å². The number of ether oxygens (including phenoxy) is 3. The summed E-state index contributed by atoms with van der Waals surface area (Å²) in [6.45, 7) is 9.77.